The van der Waals surface area contributed by atoms with E-state index in [1.54, 1.807) is 22.7 Å². The van der Waals surface area contributed by atoms with Gasteiger partial charge in [-0.25, -0.2) is 4.98 Å². The predicted molar refractivity (Wildman–Crippen MR) is 105 cm³/mol. The Hall–Kier alpha value is -2.18. The van der Waals surface area contributed by atoms with Gasteiger partial charge in [0.05, 0.1) is 0 Å². The van der Waals surface area contributed by atoms with Gasteiger partial charge in [-0.1, -0.05) is 18.2 Å². The largest absolute Gasteiger partial charge is 0.349 e. The topological polar surface area (TPSA) is 45.2 Å². The molecule has 0 unspecified atom stereocenters. The zero-order chi connectivity index (χ0) is 17.1. The van der Waals surface area contributed by atoms with Crippen LogP contribution in [0.1, 0.15) is 23.2 Å². The fraction of sp³-hybridized carbons (Fsp3) is 0.263. The normalized spacial score (nSPS) is 15.3. The third-order valence-electron chi connectivity index (χ3n) is 4.47. The van der Waals surface area contributed by atoms with E-state index in [0.29, 0.717) is 0 Å². The lowest BCUT2D eigenvalue weighted by Gasteiger charge is -2.32. The Morgan fingerprint density at radius 3 is 2.52 bits per heavy atom. The molecule has 1 aliphatic heterocycles. The fourth-order valence-corrected chi connectivity index (χ4v) is 4.51. The summed E-state index contributed by atoms with van der Waals surface area (Å²) in [6.45, 7) is 1.88. The van der Waals surface area contributed by atoms with Gasteiger partial charge in [0.2, 0.25) is 0 Å². The Kier molecular flexibility index (Phi) is 4.81. The number of nitrogens with one attached hydrogen (secondary N) is 1. The number of nitrogens with zero attached hydrogens (tertiary/aromatic N) is 2. The molecule has 1 aromatic carbocycles. The first-order valence-electron chi connectivity index (χ1n) is 8.39. The van der Waals surface area contributed by atoms with E-state index in [1.165, 1.54) is 4.88 Å². The van der Waals surface area contributed by atoms with Crippen LogP contribution >= 0.6 is 22.7 Å². The lowest BCUT2D eigenvalue weighted by molar-refractivity contribution is 0.0931. The molecule has 0 atom stereocenters. The van der Waals surface area contributed by atoms with Crippen molar-refractivity contribution in [1.29, 1.82) is 0 Å². The number of carbonyl (C=O) groups excluding carboxylic acids is 1. The Balaban J connectivity index is 1.33. The minimum atomic E-state index is 0.0189. The van der Waals surface area contributed by atoms with Crippen LogP contribution < -0.4 is 10.2 Å². The highest BCUT2D eigenvalue weighted by atomic mass is 32.1. The molecular formula is C19H19N3OS2. The number of piperidine rings is 1. The molecule has 3 heterocycles. The van der Waals surface area contributed by atoms with Crippen LogP contribution in [0.25, 0.3) is 10.4 Å². The van der Waals surface area contributed by atoms with E-state index < -0.39 is 0 Å². The maximum atomic E-state index is 12.5. The second kappa shape index (κ2) is 7.37. The van der Waals surface area contributed by atoms with E-state index >= 15 is 0 Å². The number of thiophene rings is 1. The summed E-state index contributed by atoms with van der Waals surface area (Å²) in [5, 5.41) is 8.32. The predicted octanol–water partition coefficient (Wildman–Crippen LogP) is 4.27. The SMILES string of the molecule is O=C(NC1CCN(c2nccs2)CC1)c1ccc(-c2cccs2)cc1. The van der Waals surface area contributed by atoms with Crippen molar-refractivity contribution in [2.75, 3.05) is 18.0 Å². The van der Waals surface area contributed by atoms with Crippen molar-refractivity contribution in [3.8, 4) is 10.4 Å². The summed E-state index contributed by atoms with van der Waals surface area (Å²) in [6, 6.07) is 12.2. The summed E-state index contributed by atoms with van der Waals surface area (Å²) < 4.78 is 0. The highest BCUT2D eigenvalue weighted by molar-refractivity contribution is 7.13. The number of aromatic nitrogens is 1. The molecule has 4 nitrogen and oxygen atoms in total. The summed E-state index contributed by atoms with van der Waals surface area (Å²) in [5.41, 5.74) is 1.88. The smallest absolute Gasteiger partial charge is 0.251 e. The minimum absolute atomic E-state index is 0.0189. The van der Waals surface area contributed by atoms with E-state index in [0.717, 1.165) is 42.2 Å². The van der Waals surface area contributed by atoms with Crippen molar-refractivity contribution in [2.45, 2.75) is 18.9 Å². The molecule has 2 aromatic heterocycles. The number of anilines is 1. The van der Waals surface area contributed by atoms with Gasteiger partial charge in [0.25, 0.3) is 5.91 Å². The Morgan fingerprint density at radius 2 is 1.88 bits per heavy atom. The molecule has 128 valence electrons. The Bertz CT molecular complexity index is 805. The molecule has 1 aliphatic rings. The summed E-state index contributed by atoms with van der Waals surface area (Å²) in [7, 11) is 0. The van der Waals surface area contributed by atoms with Gasteiger partial charge in [0, 0.05) is 41.1 Å². The Labute approximate surface area is 155 Å². The molecule has 1 fully saturated rings. The molecule has 0 radical (unpaired) electrons. The number of amides is 1. The molecule has 0 aliphatic carbocycles. The van der Waals surface area contributed by atoms with Gasteiger partial charge in [0.15, 0.2) is 5.13 Å². The standard InChI is InChI=1S/C19H19N3OS2/c23-18(15-5-3-14(4-6-15)17-2-1-12-24-17)21-16-7-10-22(11-8-16)19-20-9-13-25-19/h1-6,9,12-13,16H,7-8,10-11H2,(H,21,23). The minimum Gasteiger partial charge on any atom is -0.349 e. The molecule has 0 saturated carbocycles. The van der Waals surface area contributed by atoms with Gasteiger partial charge in [-0.3, -0.25) is 4.79 Å². The summed E-state index contributed by atoms with van der Waals surface area (Å²) >= 11 is 3.38. The summed E-state index contributed by atoms with van der Waals surface area (Å²) in [6.07, 6.45) is 3.75. The van der Waals surface area contributed by atoms with Crippen LogP contribution in [-0.4, -0.2) is 30.0 Å². The van der Waals surface area contributed by atoms with E-state index in [-0.39, 0.29) is 11.9 Å². The molecule has 1 N–H and O–H groups in total. The summed E-state index contributed by atoms with van der Waals surface area (Å²) in [5.74, 6) is 0.0189. The maximum Gasteiger partial charge on any atom is 0.251 e. The lowest BCUT2D eigenvalue weighted by atomic mass is 10.0. The zero-order valence-electron chi connectivity index (χ0n) is 13.7. The van der Waals surface area contributed by atoms with Gasteiger partial charge >= 0.3 is 0 Å². The number of hydrogen-bond acceptors (Lipinski definition) is 5. The molecule has 6 heteroatoms. The molecule has 0 bridgehead atoms. The van der Waals surface area contributed by atoms with Gasteiger partial charge in [0.1, 0.15) is 0 Å². The first-order chi connectivity index (χ1) is 12.3. The third-order valence-corrected chi connectivity index (χ3v) is 6.22. The van der Waals surface area contributed by atoms with E-state index in [4.69, 9.17) is 0 Å². The van der Waals surface area contributed by atoms with Gasteiger partial charge in [-0.2, -0.15) is 0 Å². The second-order valence-electron chi connectivity index (χ2n) is 6.10. The molecule has 25 heavy (non-hydrogen) atoms. The molecule has 1 amide bonds. The van der Waals surface area contributed by atoms with Crippen LogP contribution in [-0.2, 0) is 0 Å². The number of hydrogen-bond donors (Lipinski definition) is 1. The van der Waals surface area contributed by atoms with Crippen molar-refractivity contribution in [3.05, 3.63) is 58.9 Å². The molecule has 1 saturated heterocycles. The average molecular weight is 370 g/mol. The van der Waals surface area contributed by atoms with Crippen LogP contribution in [0.15, 0.2) is 53.4 Å². The van der Waals surface area contributed by atoms with Crippen LogP contribution in [0.5, 0.6) is 0 Å². The average Bonchev–Trinajstić information content (AvgIpc) is 3.36. The molecule has 4 rings (SSSR count). The van der Waals surface area contributed by atoms with Crippen LogP contribution in [0, 0.1) is 0 Å². The third kappa shape index (κ3) is 3.75. The van der Waals surface area contributed by atoms with Gasteiger partial charge in [-0.15, -0.1) is 22.7 Å². The van der Waals surface area contributed by atoms with Crippen molar-refractivity contribution in [2.24, 2.45) is 0 Å². The zero-order valence-corrected chi connectivity index (χ0v) is 15.4. The quantitative estimate of drug-likeness (QED) is 0.747. The highest BCUT2D eigenvalue weighted by Gasteiger charge is 2.22. The van der Waals surface area contributed by atoms with Crippen LogP contribution in [0.4, 0.5) is 5.13 Å². The van der Waals surface area contributed by atoms with Crippen molar-refractivity contribution >= 4 is 33.7 Å². The van der Waals surface area contributed by atoms with Gasteiger partial charge in [-0.05, 0) is 42.0 Å². The molecule has 3 aromatic rings. The van der Waals surface area contributed by atoms with Gasteiger partial charge < -0.3 is 10.2 Å². The van der Waals surface area contributed by atoms with Crippen molar-refractivity contribution in [1.82, 2.24) is 10.3 Å². The molecule has 0 spiro atoms. The first kappa shape index (κ1) is 16.3. The monoisotopic (exact) mass is 369 g/mol. The summed E-state index contributed by atoms with van der Waals surface area (Å²) in [4.78, 5) is 20.4. The van der Waals surface area contributed by atoms with Crippen molar-refractivity contribution < 1.29 is 4.79 Å². The van der Waals surface area contributed by atoms with Crippen LogP contribution in [0.3, 0.4) is 0 Å². The van der Waals surface area contributed by atoms with E-state index in [2.05, 4.69) is 26.6 Å². The maximum absolute atomic E-state index is 12.5. The second-order valence-corrected chi connectivity index (χ2v) is 7.92. The number of carbonyl (C=O) groups is 1. The number of thiazole rings is 1. The number of benzene rings is 1. The Morgan fingerprint density at radius 1 is 1.08 bits per heavy atom. The van der Waals surface area contributed by atoms with E-state index in [9.17, 15) is 4.79 Å². The number of rotatable bonds is 4. The lowest BCUT2D eigenvalue weighted by Crippen LogP contribution is -2.44. The highest BCUT2D eigenvalue weighted by Crippen LogP contribution is 2.25. The first-order valence-corrected chi connectivity index (χ1v) is 10.1. The fourth-order valence-electron chi connectivity index (χ4n) is 3.08. The van der Waals surface area contributed by atoms with Crippen LogP contribution in [0.2, 0.25) is 0 Å². The van der Waals surface area contributed by atoms with Crippen molar-refractivity contribution in [3.63, 3.8) is 0 Å². The molecular weight excluding hydrogens is 350 g/mol. The van der Waals surface area contributed by atoms with E-state index in [1.807, 2.05) is 41.9 Å².